The number of nitriles is 1. The number of methoxy groups -OCH3 is 1. The fourth-order valence-corrected chi connectivity index (χ4v) is 1.88. The van der Waals surface area contributed by atoms with Gasteiger partial charge in [-0.2, -0.15) is 5.26 Å². The molecule has 0 spiro atoms. The van der Waals surface area contributed by atoms with Crippen molar-refractivity contribution in [3.63, 3.8) is 0 Å². The zero-order valence-corrected chi connectivity index (χ0v) is 10.2. The molecule has 0 aliphatic carbocycles. The minimum Gasteiger partial charge on any atom is -0.465 e. The van der Waals surface area contributed by atoms with Crippen LogP contribution in [0, 0.1) is 18.3 Å². The third-order valence-electron chi connectivity index (χ3n) is 2.76. The Morgan fingerprint density at radius 3 is 2.83 bits per heavy atom. The van der Waals surface area contributed by atoms with E-state index in [0.717, 1.165) is 22.2 Å². The molecule has 0 atom stereocenters. The van der Waals surface area contributed by atoms with Gasteiger partial charge >= 0.3 is 5.97 Å². The van der Waals surface area contributed by atoms with Crippen LogP contribution in [0.15, 0.2) is 29.8 Å². The van der Waals surface area contributed by atoms with Crippen LogP contribution in [0.4, 0.5) is 0 Å². The van der Waals surface area contributed by atoms with Gasteiger partial charge in [-0.1, -0.05) is 18.2 Å². The number of ether oxygens (including phenoxy) is 1. The lowest BCUT2D eigenvalue weighted by molar-refractivity contribution is -0.135. The highest BCUT2D eigenvalue weighted by Gasteiger charge is 2.12. The summed E-state index contributed by atoms with van der Waals surface area (Å²) >= 11 is 0. The lowest BCUT2D eigenvalue weighted by Gasteiger charge is -1.97. The number of benzene rings is 1. The summed E-state index contributed by atoms with van der Waals surface area (Å²) in [6.45, 7) is 1.90. The van der Waals surface area contributed by atoms with E-state index in [9.17, 15) is 4.79 Å². The number of aromatic amines is 1. The third-order valence-corrected chi connectivity index (χ3v) is 2.76. The zero-order valence-electron chi connectivity index (χ0n) is 10.2. The van der Waals surface area contributed by atoms with Crippen molar-refractivity contribution in [3.05, 3.63) is 41.1 Å². The van der Waals surface area contributed by atoms with Crippen LogP contribution in [0.1, 0.15) is 11.3 Å². The molecule has 0 saturated heterocycles. The highest BCUT2D eigenvalue weighted by molar-refractivity contribution is 6.01. The smallest absolute Gasteiger partial charge is 0.348 e. The van der Waals surface area contributed by atoms with Gasteiger partial charge in [-0.05, 0) is 19.1 Å². The Balaban J connectivity index is 2.61. The van der Waals surface area contributed by atoms with Gasteiger partial charge < -0.3 is 9.72 Å². The number of aryl methyl sites for hydroxylation is 1. The Morgan fingerprint density at radius 2 is 2.17 bits per heavy atom. The number of para-hydroxylation sites is 1. The van der Waals surface area contributed by atoms with Gasteiger partial charge in [0.1, 0.15) is 11.6 Å². The quantitative estimate of drug-likeness (QED) is 0.498. The number of nitrogens with zero attached hydrogens (tertiary/aromatic N) is 1. The highest BCUT2D eigenvalue weighted by atomic mass is 16.5. The molecule has 1 heterocycles. The van der Waals surface area contributed by atoms with Crippen molar-refractivity contribution >= 4 is 22.9 Å². The molecule has 0 bridgehead atoms. The molecule has 4 heteroatoms. The fourth-order valence-electron chi connectivity index (χ4n) is 1.88. The monoisotopic (exact) mass is 240 g/mol. The number of rotatable bonds is 2. The minimum absolute atomic E-state index is 0.00893. The Labute approximate surface area is 104 Å². The molecule has 90 valence electrons. The van der Waals surface area contributed by atoms with E-state index < -0.39 is 5.97 Å². The molecule has 0 aliphatic heterocycles. The Kier molecular flexibility index (Phi) is 3.16. The minimum atomic E-state index is -0.623. The Morgan fingerprint density at radius 1 is 1.44 bits per heavy atom. The predicted molar refractivity (Wildman–Crippen MR) is 68.6 cm³/mol. The average molecular weight is 240 g/mol. The van der Waals surface area contributed by atoms with Crippen molar-refractivity contribution in [3.8, 4) is 6.07 Å². The number of aromatic nitrogens is 1. The number of carbonyl (C=O) groups excluding carboxylic acids is 1. The molecule has 0 fully saturated rings. The normalized spacial score (nSPS) is 11.3. The number of esters is 1. The number of carbonyl (C=O) groups is 1. The van der Waals surface area contributed by atoms with Crippen molar-refractivity contribution in [2.24, 2.45) is 0 Å². The van der Waals surface area contributed by atoms with Crippen molar-refractivity contribution in [1.29, 1.82) is 5.26 Å². The summed E-state index contributed by atoms with van der Waals surface area (Å²) in [6, 6.07) is 9.59. The summed E-state index contributed by atoms with van der Waals surface area (Å²) in [7, 11) is 1.26. The molecule has 2 rings (SSSR count). The first kappa shape index (κ1) is 11.9. The summed E-state index contributed by atoms with van der Waals surface area (Å²) in [5.41, 5.74) is 2.72. The van der Waals surface area contributed by atoms with E-state index in [-0.39, 0.29) is 5.57 Å². The van der Waals surface area contributed by atoms with E-state index in [0.29, 0.717) is 0 Å². The molecule has 0 unspecified atom stereocenters. The van der Waals surface area contributed by atoms with Gasteiger partial charge in [-0.25, -0.2) is 4.79 Å². The summed E-state index contributed by atoms with van der Waals surface area (Å²) < 4.78 is 4.56. The van der Waals surface area contributed by atoms with Gasteiger partial charge in [0, 0.05) is 22.2 Å². The van der Waals surface area contributed by atoms with E-state index in [1.54, 1.807) is 6.08 Å². The maximum atomic E-state index is 11.4. The first-order chi connectivity index (χ1) is 8.67. The molecule has 0 aliphatic rings. The first-order valence-corrected chi connectivity index (χ1v) is 5.44. The van der Waals surface area contributed by atoms with Crippen LogP contribution in [0.25, 0.3) is 17.0 Å². The largest absolute Gasteiger partial charge is 0.465 e. The predicted octanol–water partition coefficient (Wildman–Crippen LogP) is 2.56. The van der Waals surface area contributed by atoms with Crippen LogP contribution in [-0.4, -0.2) is 18.1 Å². The van der Waals surface area contributed by atoms with Crippen molar-refractivity contribution in [1.82, 2.24) is 4.98 Å². The zero-order chi connectivity index (χ0) is 13.1. The number of H-pyrrole nitrogens is 1. The molecule has 2 aromatic rings. The second kappa shape index (κ2) is 4.76. The van der Waals surface area contributed by atoms with Crippen LogP contribution in [0.3, 0.4) is 0 Å². The SMILES string of the molecule is COC(=O)/C(C#N)=C\c1c(C)[nH]c2ccccc12. The van der Waals surface area contributed by atoms with Crippen molar-refractivity contribution < 1.29 is 9.53 Å². The molecule has 0 radical (unpaired) electrons. The summed E-state index contributed by atoms with van der Waals surface area (Å²) in [6.07, 6.45) is 1.56. The third kappa shape index (κ3) is 1.98. The van der Waals surface area contributed by atoms with Crippen molar-refractivity contribution in [2.45, 2.75) is 6.92 Å². The van der Waals surface area contributed by atoms with E-state index in [4.69, 9.17) is 5.26 Å². The second-order valence-corrected chi connectivity index (χ2v) is 3.87. The fraction of sp³-hybridized carbons (Fsp3) is 0.143. The van der Waals surface area contributed by atoms with E-state index in [1.807, 2.05) is 37.3 Å². The number of nitrogens with one attached hydrogen (secondary N) is 1. The van der Waals surface area contributed by atoms with Crippen LogP contribution < -0.4 is 0 Å². The standard InChI is InChI=1S/C14H12N2O2/c1-9-12(7-10(8-15)14(17)18-2)11-5-3-4-6-13(11)16-9/h3-7,16H,1-2H3/b10-7-. The number of hydrogen-bond acceptors (Lipinski definition) is 3. The van der Waals surface area contributed by atoms with Gasteiger partial charge in [0.05, 0.1) is 7.11 Å². The van der Waals surface area contributed by atoms with Crippen LogP contribution in [0.2, 0.25) is 0 Å². The molecule has 1 N–H and O–H groups in total. The highest BCUT2D eigenvalue weighted by Crippen LogP contribution is 2.24. The summed E-state index contributed by atoms with van der Waals surface area (Å²) in [4.78, 5) is 14.6. The van der Waals surface area contributed by atoms with Crippen LogP contribution in [0.5, 0.6) is 0 Å². The van der Waals surface area contributed by atoms with Gasteiger partial charge in [-0.15, -0.1) is 0 Å². The number of fused-ring (bicyclic) bond motifs is 1. The Hall–Kier alpha value is -2.54. The second-order valence-electron chi connectivity index (χ2n) is 3.87. The average Bonchev–Trinajstić information content (AvgIpc) is 2.71. The van der Waals surface area contributed by atoms with E-state index in [1.165, 1.54) is 7.11 Å². The lowest BCUT2D eigenvalue weighted by Crippen LogP contribution is -2.02. The van der Waals surface area contributed by atoms with Crippen LogP contribution >= 0.6 is 0 Å². The number of hydrogen-bond donors (Lipinski definition) is 1. The molecule has 1 aromatic carbocycles. The Bertz CT molecular complexity index is 675. The van der Waals surface area contributed by atoms with Gasteiger partial charge in [0.25, 0.3) is 0 Å². The van der Waals surface area contributed by atoms with E-state index in [2.05, 4.69) is 9.72 Å². The molecule has 0 amide bonds. The molecular weight excluding hydrogens is 228 g/mol. The molecule has 18 heavy (non-hydrogen) atoms. The van der Waals surface area contributed by atoms with Crippen molar-refractivity contribution in [2.75, 3.05) is 7.11 Å². The topological polar surface area (TPSA) is 65.9 Å². The molecule has 0 saturated carbocycles. The maximum absolute atomic E-state index is 11.4. The molecule has 1 aromatic heterocycles. The van der Waals surface area contributed by atoms with Gasteiger partial charge in [0.15, 0.2) is 0 Å². The first-order valence-electron chi connectivity index (χ1n) is 5.44. The van der Waals surface area contributed by atoms with Gasteiger partial charge in [0.2, 0.25) is 0 Å². The summed E-state index contributed by atoms with van der Waals surface area (Å²) in [5, 5.41) is 9.94. The maximum Gasteiger partial charge on any atom is 0.348 e. The summed E-state index contributed by atoms with van der Waals surface area (Å²) in [5.74, 6) is -0.623. The van der Waals surface area contributed by atoms with E-state index >= 15 is 0 Å². The molecule has 4 nitrogen and oxygen atoms in total. The van der Waals surface area contributed by atoms with Gasteiger partial charge in [-0.3, -0.25) is 0 Å². The lowest BCUT2D eigenvalue weighted by atomic mass is 10.1. The molecular formula is C14H12N2O2. The van der Waals surface area contributed by atoms with Crippen LogP contribution in [-0.2, 0) is 9.53 Å².